The number of H-pyrrole nitrogens is 2. The van der Waals surface area contributed by atoms with E-state index in [9.17, 15) is 0 Å². The van der Waals surface area contributed by atoms with E-state index >= 15 is 0 Å². The van der Waals surface area contributed by atoms with Crippen molar-refractivity contribution < 1.29 is 0 Å². The molecule has 2 heterocycles. The van der Waals surface area contributed by atoms with Crippen molar-refractivity contribution in [2.24, 2.45) is 0 Å². The highest BCUT2D eigenvalue weighted by atomic mass is 15.2. The minimum absolute atomic E-state index is 0.889. The quantitative estimate of drug-likeness (QED) is 0.590. The summed E-state index contributed by atoms with van der Waals surface area (Å²) in [6, 6.07) is 8.37. The molecular weight excluding hydrogens is 238 g/mol. The average Bonchev–Trinajstić information content (AvgIpc) is 3.08. The van der Waals surface area contributed by atoms with Crippen LogP contribution in [0, 0.1) is 0 Å². The van der Waals surface area contributed by atoms with Crippen LogP contribution in [0.15, 0.2) is 36.8 Å². The standard InChI is InChI=1S/C14H17N5/c1-2-5-13-12(4-1)11(9-16-13)8-15-7-3-6-14-17-10-18-19-14/h1-2,4-5,9-10,15-16H,3,6-8H2,(H,17,18,19). The number of aromatic amines is 2. The van der Waals surface area contributed by atoms with Gasteiger partial charge in [0.1, 0.15) is 12.2 Å². The molecule has 5 nitrogen and oxygen atoms in total. The highest BCUT2D eigenvalue weighted by Gasteiger charge is 2.02. The SMILES string of the molecule is c1ccc2c(CNCCCc3ncn[nH]3)c[nH]c2c1. The van der Waals surface area contributed by atoms with Gasteiger partial charge in [-0.3, -0.25) is 5.10 Å². The second kappa shape index (κ2) is 5.67. The Kier molecular flexibility index (Phi) is 3.56. The van der Waals surface area contributed by atoms with Crippen molar-refractivity contribution in [2.45, 2.75) is 19.4 Å². The fraction of sp³-hybridized carbons (Fsp3) is 0.286. The van der Waals surface area contributed by atoms with Crippen LogP contribution >= 0.6 is 0 Å². The van der Waals surface area contributed by atoms with E-state index in [1.165, 1.54) is 16.5 Å². The molecule has 3 rings (SSSR count). The molecule has 0 amide bonds. The van der Waals surface area contributed by atoms with Crippen molar-refractivity contribution in [3.8, 4) is 0 Å². The molecule has 0 saturated carbocycles. The van der Waals surface area contributed by atoms with E-state index in [1.807, 2.05) is 6.07 Å². The Hall–Kier alpha value is -2.14. The van der Waals surface area contributed by atoms with Crippen LogP contribution in [0.25, 0.3) is 10.9 Å². The summed E-state index contributed by atoms with van der Waals surface area (Å²) in [5.41, 5.74) is 2.51. The third-order valence-corrected chi connectivity index (χ3v) is 3.22. The van der Waals surface area contributed by atoms with Gasteiger partial charge in [0.2, 0.25) is 0 Å². The topological polar surface area (TPSA) is 69.4 Å². The molecule has 0 aliphatic heterocycles. The summed E-state index contributed by atoms with van der Waals surface area (Å²) in [5.74, 6) is 0.953. The third-order valence-electron chi connectivity index (χ3n) is 3.22. The molecule has 5 heteroatoms. The second-order valence-corrected chi connectivity index (χ2v) is 4.57. The Bertz CT molecular complexity index is 626. The van der Waals surface area contributed by atoms with Gasteiger partial charge in [-0.05, 0) is 24.6 Å². The molecule has 0 saturated heterocycles. The summed E-state index contributed by atoms with van der Waals surface area (Å²) < 4.78 is 0. The molecule has 3 N–H and O–H groups in total. The molecule has 19 heavy (non-hydrogen) atoms. The van der Waals surface area contributed by atoms with E-state index < -0.39 is 0 Å². The van der Waals surface area contributed by atoms with Crippen LogP contribution in [0.5, 0.6) is 0 Å². The first-order valence-corrected chi connectivity index (χ1v) is 6.53. The Labute approximate surface area is 111 Å². The normalized spacial score (nSPS) is 11.2. The van der Waals surface area contributed by atoms with Gasteiger partial charge in [0.15, 0.2) is 0 Å². The summed E-state index contributed by atoms with van der Waals surface area (Å²) in [5, 5.41) is 11.5. The van der Waals surface area contributed by atoms with Gasteiger partial charge in [-0.15, -0.1) is 0 Å². The predicted octanol–water partition coefficient (Wildman–Crippen LogP) is 2.01. The van der Waals surface area contributed by atoms with E-state index in [0.717, 1.165) is 31.8 Å². The largest absolute Gasteiger partial charge is 0.361 e. The lowest BCUT2D eigenvalue weighted by Crippen LogP contribution is -2.15. The van der Waals surface area contributed by atoms with E-state index in [0.29, 0.717) is 0 Å². The van der Waals surface area contributed by atoms with Crippen molar-refractivity contribution in [1.82, 2.24) is 25.5 Å². The highest BCUT2D eigenvalue weighted by molar-refractivity contribution is 5.82. The van der Waals surface area contributed by atoms with Crippen LogP contribution in [-0.2, 0) is 13.0 Å². The molecule has 0 atom stereocenters. The molecule has 0 radical (unpaired) electrons. The van der Waals surface area contributed by atoms with Gasteiger partial charge in [-0.25, -0.2) is 4.98 Å². The third kappa shape index (κ3) is 2.82. The van der Waals surface area contributed by atoms with Crippen molar-refractivity contribution in [1.29, 1.82) is 0 Å². The number of benzene rings is 1. The van der Waals surface area contributed by atoms with E-state index in [2.05, 4.69) is 49.9 Å². The van der Waals surface area contributed by atoms with Gasteiger partial charge >= 0.3 is 0 Å². The van der Waals surface area contributed by atoms with Gasteiger partial charge in [0.05, 0.1) is 0 Å². The molecule has 0 bridgehead atoms. The summed E-state index contributed by atoms with van der Waals surface area (Å²) in [6.07, 6.45) is 5.61. The molecule has 0 unspecified atom stereocenters. The number of para-hydroxylation sites is 1. The number of fused-ring (bicyclic) bond motifs is 1. The van der Waals surface area contributed by atoms with E-state index in [4.69, 9.17) is 0 Å². The van der Waals surface area contributed by atoms with E-state index in [1.54, 1.807) is 6.33 Å². The van der Waals surface area contributed by atoms with Gasteiger partial charge < -0.3 is 10.3 Å². The lowest BCUT2D eigenvalue weighted by Gasteiger charge is -2.03. The predicted molar refractivity (Wildman–Crippen MR) is 74.7 cm³/mol. The number of rotatable bonds is 6. The number of nitrogens with zero attached hydrogens (tertiary/aromatic N) is 2. The van der Waals surface area contributed by atoms with Gasteiger partial charge in [0.25, 0.3) is 0 Å². The second-order valence-electron chi connectivity index (χ2n) is 4.57. The monoisotopic (exact) mass is 255 g/mol. The molecule has 0 aliphatic carbocycles. The maximum atomic E-state index is 4.11. The van der Waals surface area contributed by atoms with Crippen molar-refractivity contribution >= 4 is 10.9 Å². The van der Waals surface area contributed by atoms with Crippen LogP contribution in [0.1, 0.15) is 17.8 Å². The van der Waals surface area contributed by atoms with Crippen LogP contribution in [0.4, 0.5) is 0 Å². The molecule has 2 aromatic heterocycles. The van der Waals surface area contributed by atoms with Crippen LogP contribution in [0.2, 0.25) is 0 Å². The van der Waals surface area contributed by atoms with Crippen molar-refractivity contribution in [3.63, 3.8) is 0 Å². The summed E-state index contributed by atoms with van der Waals surface area (Å²) in [6.45, 7) is 1.86. The zero-order chi connectivity index (χ0) is 12.9. The fourth-order valence-electron chi connectivity index (χ4n) is 2.23. The van der Waals surface area contributed by atoms with Crippen LogP contribution in [0.3, 0.4) is 0 Å². The zero-order valence-corrected chi connectivity index (χ0v) is 10.7. The average molecular weight is 255 g/mol. The lowest BCUT2D eigenvalue weighted by molar-refractivity contribution is 0.641. The van der Waals surface area contributed by atoms with Crippen LogP contribution in [-0.4, -0.2) is 26.7 Å². The van der Waals surface area contributed by atoms with Crippen molar-refractivity contribution in [2.75, 3.05) is 6.54 Å². The minimum Gasteiger partial charge on any atom is -0.361 e. The molecule has 0 fully saturated rings. The molecule has 3 aromatic rings. The van der Waals surface area contributed by atoms with E-state index in [-0.39, 0.29) is 0 Å². The first-order chi connectivity index (χ1) is 9.43. The Morgan fingerprint density at radius 2 is 2.16 bits per heavy atom. The number of aromatic nitrogens is 4. The minimum atomic E-state index is 0.889. The highest BCUT2D eigenvalue weighted by Crippen LogP contribution is 2.17. The Morgan fingerprint density at radius 3 is 3.05 bits per heavy atom. The Morgan fingerprint density at radius 1 is 1.21 bits per heavy atom. The van der Waals surface area contributed by atoms with Gasteiger partial charge in [-0.1, -0.05) is 18.2 Å². The molecule has 0 spiro atoms. The molecule has 98 valence electrons. The lowest BCUT2D eigenvalue weighted by atomic mass is 10.2. The number of aryl methyl sites for hydroxylation is 1. The smallest absolute Gasteiger partial charge is 0.137 e. The van der Waals surface area contributed by atoms with Crippen molar-refractivity contribution in [3.05, 3.63) is 48.2 Å². The maximum Gasteiger partial charge on any atom is 0.137 e. The number of hydrogen-bond donors (Lipinski definition) is 3. The first-order valence-electron chi connectivity index (χ1n) is 6.53. The number of nitrogens with one attached hydrogen (secondary N) is 3. The number of hydrogen-bond acceptors (Lipinski definition) is 3. The Balaban J connectivity index is 1.47. The molecular formula is C14H17N5. The fourth-order valence-corrected chi connectivity index (χ4v) is 2.23. The summed E-state index contributed by atoms with van der Waals surface area (Å²) in [7, 11) is 0. The molecule has 1 aromatic carbocycles. The summed E-state index contributed by atoms with van der Waals surface area (Å²) >= 11 is 0. The van der Waals surface area contributed by atoms with Crippen LogP contribution < -0.4 is 5.32 Å². The maximum absolute atomic E-state index is 4.11. The first kappa shape index (κ1) is 11.9. The summed E-state index contributed by atoms with van der Waals surface area (Å²) in [4.78, 5) is 7.39. The van der Waals surface area contributed by atoms with Gasteiger partial charge in [0, 0.05) is 30.1 Å². The zero-order valence-electron chi connectivity index (χ0n) is 10.7. The van der Waals surface area contributed by atoms with Gasteiger partial charge in [-0.2, -0.15) is 5.10 Å². The molecule has 0 aliphatic rings.